The number of nitrogens with one attached hydrogen (secondary N) is 1. The molecular weight excluding hydrogens is 628 g/mol. The maximum atomic E-state index is 12.9. The van der Waals surface area contributed by atoms with Gasteiger partial charge in [0, 0.05) is 23.6 Å². The van der Waals surface area contributed by atoms with E-state index in [0.29, 0.717) is 29.3 Å². The van der Waals surface area contributed by atoms with Crippen molar-refractivity contribution in [3.05, 3.63) is 53.3 Å². The lowest BCUT2D eigenvalue weighted by molar-refractivity contribution is -0.119. The van der Waals surface area contributed by atoms with E-state index < -0.39 is 23.8 Å². The van der Waals surface area contributed by atoms with Gasteiger partial charge in [0.05, 0.1) is 18.2 Å². The number of imide groups is 1. The second-order valence-corrected chi connectivity index (χ2v) is 9.05. The molecular formula is C18H12Br4N2O4. The van der Waals surface area contributed by atoms with Gasteiger partial charge in [0.2, 0.25) is 5.91 Å². The van der Waals surface area contributed by atoms with Gasteiger partial charge in [-0.3, -0.25) is 19.3 Å². The van der Waals surface area contributed by atoms with Crippen LogP contribution in [0.1, 0.15) is 27.6 Å². The van der Waals surface area contributed by atoms with Crippen molar-refractivity contribution in [2.75, 3.05) is 12.4 Å². The number of carbonyl (C=O) groups is 3. The fourth-order valence-electron chi connectivity index (χ4n) is 2.76. The van der Waals surface area contributed by atoms with E-state index in [0.717, 1.165) is 4.90 Å². The Kier molecular flexibility index (Phi) is 6.33. The van der Waals surface area contributed by atoms with Crippen LogP contribution in [0.5, 0.6) is 5.75 Å². The summed E-state index contributed by atoms with van der Waals surface area (Å²) in [4.78, 5) is 39.5. The highest BCUT2D eigenvalue weighted by Crippen LogP contribution is 2.45. The van der Waals surface area contributed by atoms with Crippen molar-refractivity contribution in [2.45, 2.75) is 13.0 Å². The average molecular weight is 640 g/mol. The van der Waals surface area contributed by atoms with Gasteiger partial charge in [-0.2, -0.15) is 0 Å². The van der Waals surface area contributed by atoms with Crippen molar-refractivity contribution in [1.82, 2.24) is 4.90 Å². The summed E-state index contributed by atoms with van der Waals surface area (Å²) in [5.41, 5.74) is 0.939. The lowest BCUT2D eigenvalue weighted by atomic mass is 10.1. The van der Waals surface area contributed by atoms with Crippen molar-refractivity contribution in [3.8, 4) is 5.75 Å². The van der Waals surface area contributed by atoms with Crippen LogP contribution >= 0.6 is 63.7 Å². The molecule has 0 spiro atoms. The molecule has 28 heavy (non-hydrogen) atoms. The van der Waals surface area contributed by atoms with Crippen molar-refractivity contribution in [1.29, 1.82) is 0 Å². The van der Waals surface area contributed by atoms with Gasteiger partial charge in [-0.1, -0.05) is 0 Å². The normalized spacial score (nSPS) is 14.1. The lowest BCUT2D eigenvalue weighted by Gasteiger charge is -2.21. The molecule has 0 fully saturated rings. The number of benzene rings is 2. The summed E-state index contributed by atoms with van der Waals surface area (Å²) < 4.78 is 7.16. The minimum absolute atomic E-state index is 0.205. The number of fused-ring (bicyclic) bond motifs is 1. The van der Waals surface area contributed by atoms with Crippen LogP contribution in [-0.4, -0.2) is 35.8 Å². The molecule has 6 nitrogen and oxygen atoms in total. The maximum absolute atomic E-state index is 12.9. The number of carbonyl (C=O) groups excluding carboxylic acids is 3. The van der Waals surface area contributed by atoms with Crippen molar-refractivity contribution in [2.24, 2.45) is 0 Å². The highest BCUT2D eigenvalue weighted by molar-refractivity contribution is 9.15. The molecule has 2 aromatic carbocycles. The minimum Gasteiger partial charge on any atom is -0.497 e. The Morgan fingerprint density at radius 2 is 1.39 bits per heavy atom. The van der Waals surface area contributed by atoms with Crippen LogP contribution in [0.3, 0.4) is 0 Å². The monoisotopic (exact) mass is 636 g/mol. The van der Waals surface area contributed by atoms with E-state index in [1.165, 1.54) is 6.92 Å². The number of nitrogens with zero attached hydrogens (tertiary/aromatic N) is 1. The van der Waals surface area contributed by atoms with Crippen LogP contribution in [0.2, 0.25) is 0 Å². The minimum atomic E-state index is -1.01. The molecule has 0 bridgehead atoms. The molecule has 0 saturated heterocycles. The van der Waals surface area contributed by atoms with E-state index in [9.17, 15) is 14.4 Å². The molecule has 0 unspecified atom stereocenters. The Balaban J connectivity index is 1.90. The first-order valence-electron chi connectivity index (χ1n) is 7.87. The van der Waals surface area contributed by atoms with Crippen LogP contribution < -0.4 is 10.1 Å². The lowest BCUT2D eigenvalue weighted by Crippen LogP contribution is -2.45. The molecule has 0 radical (unpaired) electrons. The zero-order chi connectivity index (χ0) is 20.7. The van der Waals surface area contributed by atoms with E-state index in [2.05, 4.69) is 69.0 Å². The second-order valence-electron chi connectivity index (χ2n) is 5.88. The highest BCUT2D eigenvalue weighted by atomic mass is 79.9. The number of hydrogen-bond acceptors (Lipinski definition) is 4. The van der Waals surface area contributed by atoms with Crippen LogP contribution in [-0.2, 0) is 4.79 Å². The van der Waals surface area contributed by atoms with E-state index in [4.69, 9.17) is 4.74 Å². The number of hydrogen-bond donors (Lipinski definition) is 1. The molecule has 1 aliphatic rings. The third-order valence-corrected chi connectivity index (χ3v) is 9.02. The smallest absolute Gasteiger partial charge is 0.263 e. The number of anilines is 1. The molecule has 1 atom stereocenters. The summed E-state index contributed by atoms with van der Waals surface area (Å²) in [6, 6.07) is 5.74. The Hall–Kier alpha value is -1.23. The Bertz CT molecular complexity index is 961. The molecule has 0 aliphatic carbocycles. The first-order chi connectivity index (χ1) is 13.2. The van der Waals surface area contributed by atoms with Gasteiger partial charge in [-0.25, -0.2) is 0 Å². The van der Waals surface area contributed by atoms with Gasteiger partial charge in [-0.05, 0) is 94.9 Å². The largest absolute Gasteiger partial charge is 0.497 e. The first kappa shape index (κ1) is 21.5. The van der Waals surface area contributed by atoms with Gasteiger partial charge in [-0.15, -0.1) is 0 Å². The van der Waals surface area contributed by atoms with E-state index >= 15 is 0 Å². The molecule has 10 heteroatoms. The molecule has 146 valence electrons. The third-order valence-electron chi connectivity index (χ3n) is 4.26. The topological polar surface area (TPSA) is 75.7 Å². The van der Waals surface area contributed by atoms with Gasteiger partial charge in [0.1, 0.15) is 11.8 Å². The first-order valence-corrected chi connectivity index (χ1v) is 11.0. The van der Waals surface area contributed by atoms with Crippen molar-refractivity contribution in [3.63, 3.8) is 0 Å². The SMILES string of the molecule is COc1ccc(NC(=O)[C@H](C)N2C(=O)c3c(Br)c(Br)c(Br)c(Br)c3C2=O)cc1. The molecule has 3 amide bonds. The summed E-state index contributed by atoms with van der Waals surface area (Å²) in [6.45, 7) is 1.51. The molecule has 3 rings (SSSR count). The molecule has 0 aromatic heterocycles. The summed E-state index contributed by atoms with van der Waals surface area (Å²) in [5.74, 6) is -0.918. The average Bonchev–Trinajstić information content (AvgIpc) is 2.95. The fourth-order valence-corrected chi connectivity index (χ4v) is 5.21. The van der Waals surface area contributed by atoms with Crippen LogP contribution in [0, 0.1) is 0 Å². The third kappa shape index (κ3) is 3.55. The Morgan fingerprint density at radius 1 is 0.929 bits per heavy atom. The van der Waals surface area contributed by atoms with E-state index in [-0.39, 0.29) is 11.1 Å². The zero-order valence-corrected chi connectivity index (χ0v) is 20.8. The zero-order valence-electron chi connectivity index (χ0n) is 14.5. The highest BCUT2D eigenvalue weighted by Gasteiger charge is 2.44. The van der Waals surface area contributed by atoms with Crippen LogP contribution in [0.25, 0.3) is 0 Å². The fraction of sp³-hybridized carbons (Fsp3) is 0.167. The van der Waals surface area contributed by atoms with E-state index in [1.807, 2.05) is 0 Å². The quantitative estimate of drug-likeness (QED) is 0.278. The summed E-state index contributed by atoms with van der Waals surface area (Å²) in [7, 11) is 1.55. The summed E-state index contributed by atoms with van der Waals surface area (Å²) in [5, 5.41) is 2.71. The summed E-state index contributed by atoms with van der Waals surface area (Å²) in [6.07, 6.45) is 0. The molecule has 0 saturated carbocycles. The van der Waals surface area contributed by atoms with Crippen LogP contribution in [0.4, 0.5) is 5.69 Å². The van der Waals surface area contributed by atoms with Gasteiger partial charge in [0.15, 0.2) is 0 Å². The predicted molar refractivity (Wildman–Crippen MR) is 119 cm³/mol. The van der Waals surface area contributed by atoms with Gasteiger partial charge >= 0.3 is 0 Å². The number of rotatable bonds is 4. The molecule has 1 N–H and O–H groups in total. The second kappa shape index (κ2) is 8.25. The molecule has 1 aliphatic heterocycles. The molecule has 1 heterocycles. The van der Waals surface area contributed by atoms with Gasteiger partial charge in [0.25, 0.3) is 11.8 Å². The van der Waals surface area contributed by atoms with E-state index in [1.54, 1.807) is 31.4 Å². The van der Waals surface area contributed by atoms with Crippen molar-refractivity contribution < 1.29 is 19.1 Å². The van der Waals surface area contributed by atoms with Crippen LogP contribution in [0.15, 0.2) is 42.2 Å². The predicted octanol–water partition coefficient (Wildman–Crippen LogP) is 5.37. The van der Waals surface area contributed by atoms with Gasteiger partial charge < -0.3 is 10.1 Å². The van der Waals surface area contributed by atoms with Crippen molar-refractivity contribution >= 4 is 87.1 Å². The molecule has 2 aromatic rings. The Labute approximate surface area is 194 Å². The standard InChI is InChI=1S/C18H12Br4N2O4/c1-7(16(25)23-8-3-5-9(28-2)6-4-8)24-17(26)10-11(18(24)27)13(20)15(22)14(21)12(10)19/h3-7H,1-2H3,(H,23,25)/t7-/m0/s1. The number of halogens is 4. The number of ether oxygens (including phenoxy) is 1. The summed E-state index contributed by atoms with van der Waals surface area (Å²) >= 11 is 13.5. The number of methoxy groups -OCH3 is 1. The Morgan fingerprint density at radius 3 is 1.82 bits per heavy atom. The number of amides is 3. The maximum Gasteiger partial charge on any atom is 0.263 e.